The van der Waals surface area contributed by atoms with E-state index in [4.69, 9.17) is 11.6 Å². The molecule has 0 aliphatic rings. The van der Waals surface area contributed by atoms with Gasteiger partial charge >= 0.3 is 0 Å². The van der Waals surface area contributed by atoms with Gasteiger partial charge in [0, 0.05) is 5.02 Å². The van der Waals surface area contributed by atoms with Crippen molar-refractivity contribution >= 4 is 11.6 Å². The lowest BCUT2D eigenvalue weighted by Gasteiger charge is -2.08. The van der Waals surface area contributed by atoms with Crippen molar-refractivity contribution in [3.63, 3.8) is 0 Å². The van der Waals surface area contributed by atoms with Crippen molar-refractivity contribution in [2.24, 2.45) is 5.92 Å². The van der Waals surface area contributed by atoms with Crippen molar-refractivity contribution in [3.05, 3.63) is 34.3 Å². The summed E-state index contributed by atoms with van der Waals surface area (Å²) < 4.78 is 0. The van der Waals surface area contributed by atoms with Crippen LogP contribution in [0, 0.1) is 12.8 Å². The molecule has 0 N–H and O–H groups in total. The quantitative estimate of drug-likeness (QED) is 0.652. The highest BCUT2D eigenvalue weighted by Crippen LogP contribution is 2.18. The number of hydrogen-bond acceptors (Lipinski definition) is 0. The van der Waals surface area contributed by atoms with Crippen LogP contribution in [-0.2, 0) is 6.42 Å². The van der Waals surface area contributed by atoms with Crippen LogP contribution < -0.4 is 0 Å². The molecule has 0 nitrogen and oxygen atoms in total. The van der Waals surface area contributed by atoms with E-state index in [1.165, 1.54) is 11.1 Å². The van der Waals surface area contributed by atoms with E-state index in [9.17, 15) is 0 Å². The molecule has 0 spiro atoms. The van der Waals surface area contributed by atoms with E-state index in [0.29, 0.717) is 5.92 Å². The smallest absolute Gasteiger partial charge is 0.0408 e. The summed E-state index contributed by atoms with van der Waals surface area (Å²) in [5, 5.41) is 0.844. The minimum Gasteiger partial charge on any atom is -0.0843 e. The van der Waals surface area contributed by atoms with Gasteiger partial charge in [-0.3, -0.25) is 0 Å². The topological polar surface area (TPSA) is 0 Å². The predicted octanol–water partition coefficient (Wildman–Crippen LogP) is 3.85. The average molecular weight is 183 g/mol. The Hall–Kier alpha value is -0.490. The van der Waals surface area contributed by atoms with Crippen LogP contribution in [0.2, 0.25) is 5.02 Å². The average Bonchev–Trinajstić information content (AvgIpc) is 1.96. The van der Waals surface area contributed by atoms with Gasteiger partial charge in [0.15, 0.2) is 0 Å². The van der Waals surface area contributed by atoms with Gasteiger partial charge in [-0.1, -0.05) is 31.5 Å². The highest BCUT2D eigenvalue weighted by molar-refractivity contribution is 6.30. The monoisotopic (exact) mass is 182 g/mol. The third-order valence-corrected chi connectivity index (χ3v) is 2.17. The molecule has 0 saturated carbocycles. The van der Waals surface area contributed by atoms with E-state index in [0.717, 1.165) is 11.4 Å². The molecule has 0 aliphatic carbocycles. The summed E-state index contributed by atoms with van der Waals surface area (Å²) in [7, 11) is 0. The fraction of sp³-hybridized carbons (Fsp3) is 0.455. The second-order valence-electron chi connectivity index (χ2n) is 3.67. The molecule has 0 unspecified atom stereocenters. The molecule has 0 saturated heterocycles. The van der Waals surface area contributed by atoms with E-state index in [1.807, 2.05) is 6.07 Å². The molecule has 1 rings (SSSR count). The molecule has 0 heterocycles. The number of rotatable bonds is 2. The first-order valence-electron chi connectivity index (χ1n) is 4.34. The molecule has 0 bridgehead atoms. The van der Waals surface area contributed by atoms with Crippen LogP contribution in [-0.4, -0.2) is 0 Å². The van der Waals surface area contributed by atoms with Crippen molar-refractivity contribution in [2.45, 2.75) is 27.2 Å². The first kappa shape index (κ1) is 9.60. The van der Waals surface area contributed by atoms with Gasteiger partial charge in [0.25, 0.3) is 0 Å². The Balaban J connectivity index is 2.90. The molecular weight excluding hydrogens is 168 g/mol. The third-order valence-electron chi connectivity index (χ3n) is 1.94. The fourth-order valence-electron chi connectivity index (χ4n) is 1.30. The van der Waals surface area contributed by atoms with Crippen molar-refractivity contribution in [1.29, 1.82) is 0 Å². The zero-order chi connectivity index (χ0) is 9.14. The summed E-state index contributed by atoms with van der Waals surface area (Å²) in [5.41, 5.74) is 2.71. The zero-order valence-corrected chi connectivity index (χ0v) is 8.65. The van der Waals surface area contributed by atoms with E-state index < -0.39 is 0 Å². The highest BCUT2D eigenvalue weighted by atomic mass is 35.5. The molecule has 66 valence electrons. The number of hydrogen-bond donors (Lipinski definition) is 0. The maximum atomic E-state index is 5.90. The van der Waals surface area contributed by atoms with Crippen LogP contribution in [0.15, 0.2) is 18.2 Å². The van der Waals surface area contributed by atoms with Crippen LogP contribution in [0.5, 0.6) is 0 Å². The van der Waals surface area contributed by atoms with Crippen molar-refractivity contribution < 1.29 is 0 Å². The Morgan fingerprint density at radius 2 is 2.00 bits per heavy atom. The van der Waals surface area contributed by atoms with Crippen LogP contribution in [0.25, 0.3) is 0 Å². The number of aryl methyl sites for hydroxylation is 1. The van der Waals surface area contributed by atoms with E-state index >= 15 is 0 Å². The van der Waals surface area contributed by atoms with Crippen LogP contribution in [0.4, 0.5) is 0 Å². The van der Waals surface area contributed by atoms with Gasteiger partial charge in [0.05, 0.1) is 0 Å². The van der Waals surface area contributed by atoms with Gasteiger partial charge in [0.2, 0.25) is 0 Å². The third kappa shape index (κ3) is 2.53. The first-order valence-corrected chi connectivity index (χ1v) is 4.72. The summed E-state index contributed by atoms with van der Waals surface area (Å²) in [6.07, 6.45) is 1.12. The summed E-state index contributed by atoms with van der Waals surface area (Å²) in [5.74, 6) is 0.696. The summed E-state index contributed by atoms with van der Waals surface area (Å²) in [6, 6.07) is 6.09. The Kier molecular flexibility index (Phi) is 3.16. The molecule has 1 heteroatoms. The van der Waals surface area contributed by atoms with E-state index in [-0.39, 0.29) is 0 Å². The second-order valence-corrected chi connectivity index (χ2v) is 4.11. The van der Waals surface area contributed by atoms with Gasteiger partial charge in [-0.25, -0.2) is 0 Å². The second kappa shape index (κ2) is 3.95. The minimum absolute atomic E-state index is 0.696. The maximum Gasteiger partial charge on any atom is 0.0408 e. The SMILES string of the molecule is Cc1ccc(Cl)cc1CC(C)C. The number of halogens is 1. The zero-order valence-electron chi connectivity index (χ0n) is 7.89. The lowest BCUT2D eigenvalue weighted by molar-refractivity contribution is 0.645. The minimum atomic E-state index is 0.696. The number of benzene rings is 1. The fourth-order valence-corrected chi connectivity index (χ4v) is 1.49. The standard InChI is InChI=1S/C11H15Cl/c1-8(2)6-10-7-11(12)5-4-9(10)3/h4-5,7-8H,6H2,1-3H3. The van der Waals surface area contributed by atoms with Crippen LogP contribution in [0.3, 0.4) is 0 Å². The van der Waals surface area contributed by atoms with Gasteiger partial charge < -0.3 is 0 Å². The Morgan fingerprint density at radius 1 is 1.33 bits per heavy atom. The van der Waals surface area contributed by atoms with Gasteiger partial charge in [-0.2, -0.15) is 0 Å². The molecule has 1 aromatic rings. The first-order chi connectivity index (χ1) is 5.59. The van der Waals surface area contributed by atoms with Crippen LogP contribution >= 0.6 is 11.6 Å². The Bertz CT molecular complexity index is 264. The van der Waals surface area contributed by atoms with Gasteiger partial charge in [-0.05, 0) is 42.5 Å². The summed E-state index contributed by atoms with van der Waals surface area (Å²) >= 11 is 5.90. The molecule has 12 heavy (non-hydrogen) atoms. The lowest BCUT2D eigenvalue weighted by atomic mass is 9.99. The van der Waals surface area contributed by atoms with E-state index in [2.05, 4.69) is 32.9 Å². The largest absolute Gasteiger partial charge is 0.0843 e. The molecule has 0 amide bonds. The Labute approximate surface area is 79.6 Å². The molecule has 0 atom stereocenters. The molecule has 0 radical (unpaired) electrons. The van der Waals surface area contributed by atoms with Gasteiger partial charge in [0.1, 0.15) is 0 Å². The predicted molar refractivity (Wildman–Crippen MR) is 54.7 cm³/mol. The van der Waals surface area contributed by atoms with Crippen molar-refractivity contribution in [3.8, 4) is 0 Å². The summed E-state index contributed by atoms with van der Waals surface area (Å²) in [4.78, 5) is 0. The van der Waals surface area contributed by atoms with Gasteiger partial charge in [-0.15, -0.1) is 0 Å². The van der Waals surface area contributed by atoms with Crippen molar-refractivity contribution in [1.82, 2.24) is 0 Å². The lowest BCUT2D eigenvalue weighted by Crippen LogP contribution is -1.96. The molecule has 0 fully saturated rings. The summed E-state index contributed by atoms with van der Waals surface area (Å²) in [6.45, 7) is 6.58. The van der Waals surface area contributed by atoms with Crippen molar-refractivity contribution in [2.75, 3.05) is 0 Å². The molecule has 1 aromatic carbocycles. The normalized spacial score (nSPS) is 10.8. The molecule has 0 aromatic heterocycles. The molecular formula is C11H15Cl. The van der Waals surface area contributed by atoms with Crippen LogP contribution in [0.1, 0.15) is 25.0 Å². The molecule has 0 aliphatic heterocycles. The Morgan fingerprint density at radius 3 is 2.58 bits per heavy atom. The maximum absolute atomic E-state index is 5.90. The highest BCUT2D eigenvalue weighted by Gasteiger charge is 2.01. The van der Waals surface area contributed by atoms with E-state index in [1.54, 1.807) is 0 Å².